The molecule has 0 unspecified atom stereocenters. The number of hydrazone groups is 1. The molecule has 0 spiro atoms. The molecule has 0 fully saturated rings. The fourth-order valence-electron chi connectivity index (χ4n) is 3.51. The first-order valence-electron chi connectivity index (χ1n) is 10.7. The molecule has 5 nitrogen and oxygen atoms in total. The molecule has 1 aromatic heterocycles. The number of nitrogens with zero attached hydrogens (tertiary/aromatic N) is 2. The van der Waals surface area contributed by atoms with Crippen LogP contribution in [0.25, 0.3) is 21.0 Å². The van der Waals surface area contributed by atoms with Gasteiger partial charge in [-0.05, 0) is 34.5 Å². The molecule has 0 aliphatic heterocycles. The Morgan fingerprint density at radius 1 is 0.971 bits per heavy atom. The number of fused-ring (bicyclic) bond motifs is 2. The number of carbonyl (C=O) groups is 1. The van der Waals surface area contributed by atoms with Gasteiger partial charge in [0.25, 0.3) is 5.91 Å². The number of hydrogen-bond acceptors (Lipinski definition) is 6. The molecule has 5 rings (SSSR count). The maximum absolute atomic E-state index is 12.4. The summed E-state index contributed by atoms with van der Waals surface area (Å²) in [5.74, 6) is 0.765. The van der Waals surface area contributed by atoms with E-state index >= 15 is 0 Å². The van der Waals surface area contributed by atoms with Crippen LogP contribution in [0.1, 0.15) is 11.1 Å². The number of hydrogen-bond donors (Lipinski definition) is 1. The molecule has 0 saturated carbocycles. The van der Waals surface area contributed by atoms with E-state index in [1.807, 2.05) is 91.0 Å². The van der Waals surface area contributed by atoms with Crippen molar-refractivity contribution in [3.63, 3.8) is 0 Å². The standard InChI is InChI=1S/C27H21N3O2S2/c31-26(18-33-27-29-23-12-6-7-13-25(23)34-27)30-28-16-22-21-11-5-4-10-20(21)14-15-24(22)32-17-19-8-2-1-3-9-19/h1-16H,17-18H2,(H,30,31). The minimum Gasteiger partial charge on any atom is -0.488 e. The first kappa shape index (κ1) is 22.1. The zero-order valence-electron chi connectivity index (χ0n) is 18.2. The highest BCUT2D eigenvalue weighted by Crippen LogP contribution is 2.29. The Morgan fingerprint density at radius 2 is 1.76 bits per heavy atom. The van der Waals surface area contributed by atoms with Crippen LogP contribution in [0, 0.1) is 0 Å². The topological polar surface area (TPSA) is 63.6 Å². The highest BCUT2D eigenvalue weighted by Gasteiger charge is 2.09. The Labute approximate surface area is 205 Å². The Bertz CT molecular complexity index is 1430. The lowest BCUT2D eigenvalue weighted by Gasteiger charge is -2.12. The fraction of sp³-hybridized carbons (Fsp3) is 0.0741. The lowest BCUT2D eigenvalue weighted by molar-refractivity contribution is -0.118. The molecule has 168 valence electrons. The van der Waals surface area contributed by atoms with E-state index < -0.39 is 0 Å². The van der Waals surface area contributed by atoms with Crippen molar-refractivity contribution >= 4 is 56.2 Å². The summed E-state index contributed by atoms with van der Waals surface area (Å²) in [6.45, 7) is 0.450. The zero-order chi connectivity index (χ0) is 23.2. The summed E-state index contributed by atoms with van der Waals surface area (Å²) in [6.07, 6.45) is 1.66. The van der Waals surface area contributed by atoms with Crippen molar-refractivity contribution in [1.29, 1.82) is 0 Å². The number of ether oxygens (including phenoxy) is 1. The maximum Gasteiger partial charge on any atom is 0.250 e. The third kappa shape index (κ3) is 5.27. The first-order valence-corrected chi connectivity index (χ1v) is 12.6. The second-order valence-corrected chi connectivity index (χ2v) is 9.76. The van der Waals surface area contributed by atoms with Gasteiger partial charge in [0.2, 0.25) is 0 Å². The van der Waals surface area contributed by atoms with Gasteiger partial charge in [0.05, 0.1) is 22.2 Å². The van der Waals surface area contributed by atoms with E-state index in [2.05, 4.69) is 15.5 Å². The molecule has 1 N–H and O–H groups in total. The molecular weight excluding hydrogens is 462 g/mol. The summed E-state index contributed by atoms with van der Waals surface area (Å²) in [5.41, 5.74) is 5.49. The summed E-state index contributed by atoms with van der Waals surface area (Å²) in [6, 6.07) is 30.0. The van der Waals surface area contributed by atoms with Crippen molar-refractivity contribution in [3.05, 3.63) is 102 Å². The number of carbonyl (C=O) groups excluding carboxylic acids is 1. The highest BCUT2D eigenvalue weighted by molar-refractivity contribution is 8.01. The Balaban J connectivity index is 1.27. The quantitative estimate of drug-likeness (QED) is 0.160. The molecule has 1 heterocycles. The van der Waals surface area contributed by atoms with Gasteiger partial charge in [-0.25, -0.2) is 10.4 Å². The van der Waals surface area contributed by atoms with E-state index in [9.17, 15) is 4.79 Å². The largest absolute Gasteiger partial charge is 0.488 e. The number of thioether (sulfide) groups is 1. The van der Waals surface area contributed by atoms with Gasteiger partial charge in [-0.1, -0.05) is 84.6 Å². The van der Waals surface area contributed by atoms with E-state index in [-0.39, 0.29) is 11.7 Å². The van der Waals surface area contributed by atoms with E-state index in [1.165, 1.54) is 11.8 Å². The number of para-hydroxylation sites is 1. The van der Waals surface area contributed by atoms with E-state index in [1.54, 1.807) is 17.6 Å². The van der Waals surface area contributed by atoms with Gasteiger partial charge in [-0.2, -0.15) is 5.10 Å². The molecule has 1 amide bonds. The van der Waals surface area contributed by atoms with E-state index in [4.69, 9.17) is 4.74 Å². The lowest BCUT2D eigenvalue weighted by Crippen LogP contribution is -2.19. The molecule has 0 aliphatic rings. The Hall–Kier alpha value is -3.68. The number of aromatic nitrogens is 1. The molecule has 5 aromatic rings. The van der Waals surface area contributed by atoms with Crippen LogP contribution in [0.2, 0.25) is 0 Å². The van der Waals surface area contributed by atoms with Crippen molar-refractivity contribution in [2.45, 2.75) is 10.9 Å². The smallest absolute Gasteiger partial charge is 0.250 e. The number of thiazole rings is 1. The van der Waals surface area contributed by atoms with Crippen LogP contribution >= 0.6 is 23.1 Å². The van der Waals surface area contributed by atoms with Crippen molar-refractivity contribution in [2.24, 2.45) is 5.10 Å². The predicted octanol–water partition coefficient (Wildman–Crippen LogP) is 6.27. The van der Waals surface area contributed by atoms with Crippen molar-refractivity contribution in [2.75, 3.05) is 5.75 Å². The average Bonchev–Trinajstić information content (AvgIpc) is 3.30. The Morgan fingerprint density at radius 3 is 2.65 bits per heavy atom. The SMILES string of the molecule is O=C(CSc1nc2ccccc2s1)NN=Cc1c(OCc2ccccc2)ccc2ccccc12. The highest BCUT2D eigenvalue weighted by atomic mass is 32.2. The van der Waals surface area contributed by atoms with Crippen LogP contribution < -0.4 is 10.2 Å². The van der Waals surface area contributed by atoms with Crippen molar-refractivity contribution in [3.8, 4) is 5.75 Å². The minimum absolute atomic E-state index is 0.188. The first-order chi connectivity index (χ1) is 16.8. The van der Waals surface area contributed by atoms with Gasteiger partial charge < -0.3 is 4.74 Å². The second-order valence-electron chi connectivity index (χ2n) is 7.50. The van der Waals surface area contributed by atoms with Gasteiger partial charge in [-0.3, -0.25) is 4.79 Å². The third-order valence-electron chi connectivity index (χ3n) is 5.15. The van der Waals surface area contributed by atoms with Crippen LogP contribution in [0.4, 0.5) is 0 Å². The fourth-order valence-corrected chi connectivity index (χ4v) is 5.37. The lowest BCUT2D eigenvalue weighted by atomic mass is 10.0. The Kier molecular flexibility index (Phi) is 6.84. The normalized spacial score (nSPS) is 11.3. The molecule has 4 aromatic carbocycles. The van der Waals surface area contributed by atoms with E-state index in [0.717, 1.165) is 36.5 Å². The van der Waals surface area contributed by atoms with Gasteiger partial charge in [0, 0.05) is 5.56 Å². The molecule has 7 heteroatoms. The van der Waals surface area contributed by atoms with Crippen LogP contribution in [0.5, 0.6) is 5.75 Å². The molecule has 0 radical (unpaired) electrons. The maximum atomic E-state index is 12.4. The predicted molar refractivity (Wildman–Crippen MR) is 141 cm³/mol. The van der Waals surface area contributed by atoms with Crippen molar-refractivity contribution in [1.82, 2.24) is 10.4 Å². The van der Waals surface area contributed by atoms with Crippen LogP contribution in [-0.2, 0) is 11.4 Å². The van der Waals surface area contributed by atoms with Gasteiger partial charge in [-0.15, -0.1) is 11.3 Å². The molecule has 0 bridgehead atoms. The summed E-state index contributed by atoms with van der Waals surface area (Å²) in [4.78, 5) is 16.9. The summed E-state index contributed by atoms with van der Waals surface area (Å²) >= 11 is 2.99. The summed E-state index contributed by atoms with van der Waals surface area (Å²) < 4.78 is 8.09. The monoisotopic (exact) mass is 483 g/mol. The number of rotatable bonds is 8. The molecule has 0 atom stereocenters. The number of nitrogens with one attached hydrogen (secondary N) is 1. The van der Waals surface area contributed by atoms with Crippen LogP contribution in [0.3, 0.4) is 0 Å². The minimum atomic E-state index is -0.188. The molecular formula is C27H21N3O2S2. The summed E-state index contributed by atoms with van der Waals surface area (Å²) in [5, 5.41) is 6.31. The second kappa shape index (κ2) is 10.5. The number of amides is 1. The van der Waals surface area contributed by atoms with Gasteiger partial charge in [0.15, 0.2) is 4.34 Å². The third-order valence-corrected chi connectivity index (χ3v) is 7.33. The van der Waals surface area contributed by atoms with Crippen LogP contribution in [-0.4, -0.2) is 22.9 Å². The zero-order valence-corrected chi connectivity index (χ0v) is 19.8. The van der Waals surface area contributed by atoms with Gasteiger partial charge >= 0.3 is 0 Å². The average molecular weight is 484 g/mol. The molecule has 34 heavy (non-hydrogen) atoms. The molecule has 0 aliphatic carbocycles. The van der Waals surface area contributed by atoms with E-state index in [0.29, 0.717) is 12.4 Å². The van der Waals surface area contributed by atoms with Crippen LogP contribution in [0.15, 0.2) is 100 Å². The number of benzene rings is 4. The van der Waals surface area contributed by atoms with Crippen molar-refractivity contribution < 1.29 is 9.53 Å². The van der Waals surface area contributed by atoms with Gasteiger partial charge in [0.1, 0.15) is 12.4 Å². The summed E-state index contributed by atoms with van der Waals surface area (Å²) in [7, 11) is 0. The molecule has 0 saturated heterocycles.